The van der Waals surface area contributed by atoms with Crippen molar-refractivity contribution in [2.75, 3.05) is 19.1 Å². The number of carbonyl (C=O) groups excluding carboxylic acids is 2. The smallest absolute Gasteiger partial charge is 0.293 e. The highest BCUT2D eigenvalue weighted by Gasteiger charge is 2.40. The number of methoxy groups -OCH3 is 2. The SMILES string of the molecule is COc1cc(OC)c(C[C@H]2SC(=O)N(c3ccc(Cl)cc3)C2=O)cc1Br. The molecule has 1 aliphatic rings. The third-order valence-electron chi connectivity index (χ3n) is 3.97. The minimum atomic E-state index is -0.521. The lowest BCUT2D eigenvalue weighted by Gasteiger charge is -2.15. The average molecular weight is 457 g/mol. The molecule has 1 aliphatic heterocycles. The zero-order chi connectivity index (χ0) is 18.8. The third-order valence-corrected chi connectivity index (χ3v) is 5.88. The van der Waals surface area contributed by atoms with Crippen LogP contribution in [0.2, 0.25) is 5.02 Å². The molecule has 8 heteroatoms. The van der Waals surface area contributed by atoms with Gasteiger partial charge < -0.3 is 9.47 Å². The molecule has 2 aromatic rings. The van der Waals surface area contributed by atoms with Gasteiger partial charge in [-0.3, -0.25) is 9.59 Å². The minimum Gasteiger partial charge on any atom is -0.496 e. The van der Waals surface area contributed by atoms with E-state index in [1.165, 1.54) is 4.90 Å². The van der Waals surface area contributed by atoms with E-state index in [1.807, 2.05) is 6.07 Å². The summed E-state index contributed by atoms with van der Waals surface area (Å²) < 4.78 is 11.4. The molecule has 1 atom stereocenters. The van der Waals surface area contributed by atoms with Crippen molar-refractivity contribution < 1.29 is 19.1 Å². The lowest BCUT2D eigenvalue weighted by atomic mass is 10.1. The summed E-state index contributed by atoms with van der Waals surface area (Å²) >= 11 is 10.3. The summed E-state index contributed by atoms with van der Waals surface area (Å²) in [5.41, 5.74) is 1.33. The van der Waals surface area contributed by atoms with Gasteiger partial charge in [0, 0.05) is 11.1 Å². The van der Waals surface area contributed by atoms with E-state index in [-0.39, 0.29) is 11.1 Å². The van der Waals surface area contributed by atoms with Gasteiger partial charge >= 0.3 is 0 Å². The van der Waals surface area contributed by atoms with Crippen molar-refractivity contribution >= 4 is 56.1 Å². The Morgan fingerprint density at radius 3 is 2.38 bits per heavy atom. The fourth-order valence-corrected chi connectivity index (χ4v) is 4.38. The van der Waals surface area contributed by atoms with Crippen LogP contribution in [0.1, 0.15) is 5.56 Å². The fraction of sp³-hybridized carbons (Fsp3) is 0.222. The van der Waals surface area contributed by atoms with Crippen LogP contribution < -0.4 is 14.4 Å². The van der Waals surface area contributed by atoms with Gasteiger partial charge in [-0.1, -0.05) is 23.4 Å². The molecule has 0 aromatic heterocycles. The van der Waals surface area contributed by atoms with E-state index in [1.54, 1.807) is 44.6 Å². The first kappa shape index (κ1) is 19.1. The second kappa shape index (κ2) is 7.90. The predicted molar refractivity (Wildman–Crippen MR) is 107 cm³/mol. The van der Waals surface area contributed by atoms with Gasteiger partial charge in [0.2, 0.25) is 5.91 Å². The van der Waals surface area contributed by atoms with Crippen LogP contribution in [-0.2, 0) is 11.2 Å². The van der Waals surface area contributed by atoms with Gasteiger partial charge in [-0.25, -0.2) is 4.90 Å². The van der Waals surface area contributed by atoms with E-state index in [4.69, 9.17) is 21.1 Å². The van der Waals surface area contributed by atoms with Crippen LogP contribution in [-0.4, -0.2) is 30.6 Å². The molecule has 2 amide bonds. The van der Waals surface area contributed by atoms with Crippen LogP contribution in [0, 0.1) is 0 Å². The summed E-state index contributed by atoms with van der Waals surface area (Å²) in [7, 11) is 3.12. The first-order valence-corrected chi connectivity index (χ1v) is 9.70. The zero-order valence-corrected chi connectivity index (χ0v) is 17.2. The molecule has 1 fully saturated rings. The summed E-state index contributed by atoms with van der Waals surface area (Å²) in [6.45, 7) is 0. The number of thioether (sulfide) groups is 1. The molecule has 0 aliphatic carbocycles. The molecule has 26 heavy (non-hydrogen) atoms. The summed E-state index contributed by atoms with van der Waals surface area (Å²) in [6.07, 6.45) is 0.366. The summed E-state index contributed by atoms with van der Waals surface area (Å²) in [5, 5.41) is -0.272. The van der Waals surface area contributed by atoms with Crippen LogP contribution in [0.25, 0.3) is 0 Å². The molecule has 3 rings (SSSR count). The van der Waals surface area contributed by atoms with E-state index in [9.17, 15) is 9.59 Å². The molecule has 0 unspecified atom stereocenters. The second-order valence-corrected chi connectivity index (χ2v) is 7.97. The first-order valence-electron chi connectivity index (χ1n) is 7.65. The summed E-state index contributed by atoms with van der Waals surface area (Å²) in [5.74, 6) is 0.988. The summed E-state index contributed by atoms with van der Waals surface area (Å²) in [4.78, 5) is 26.3. The number of anilines is 1. The van der Waals surface area contributed by atoms with Gasteiger partial charge in [-0.2, -0.15) is 0 Å². The molecule has 0 saturated carbocycles. The van der Waals surface area contributed by atoms with Crippen molar-refractivity contribution in [3.05, 3.63) is 51.5 Å². The molecule has 0 N–H and O–H groups in total. The maximum Gasteiger partial charge on any atom is 0.293 e. The number of nitrogens with zero attached hydrogens (tertiary/aromatic N) is 1. The van der Waals surface area contributed by atoms with Crippen molar-refractivity contribution in [2.24, 2.45) is 0 Å². The molecule has 0 bridgehead atoms. The lowest BCUT2D eigenvalue weighted by molar-refractivity contribution is -0.117. The highest BCUT2D eigenvalue weighted by molar-refractivity contribution is 9.10. The van der Waals surface area contributed by atoms with E-state index >= 15 is 0 Å². The maximum atomic E-state index is 12.8. The quantitative estimate of drug-likeness (QED) is 0.638. The van der Waals surface area contributed by atoms with Gasteiger partial charge in [0.1, 0.15) is 11.5 Å². The predicted octanol–water partition coefficient (Wildman–Crippen LogP) is 4.93. The molecule has 1 saturated heterocycles. The van der Waals surface area contributed by atoms with E-state index in [0.717, 1.165) is 21.8 Å². The molecular formula is C18H15BrClNO4S. The van der Waals surface area contributed by atoms with Gasteiger partial charge in [0.25, 0.3) is 5.24 Å². The highest BCUT2D eigenvalue weighted by atomic mass is 79.9. The molecule has 136 valence electrons. The topological polar surface area (TPSA) is 55.8 Å². The van der Waals surface area contributed by atoms with Crippen molar-refractivity contribution in [1.29, 1.82) is 0 Å². The maximum absolute atomic E-state index is 12.8. The van der Waals surface area contributed by atoms with E-state index < -0.39 is 5.25 Å². The average Bonchev–Trinajstić information content (AvgIpc) is 2.90. The fourth-order valence-electron chi connectivity index (χ4n) is 2.69. The molecule has 0 spiro atoms. The normalized spacial score (nSPS) is 16.9. The Bertz CT molecular complexity index is 859. The van der Waals surface area contributed by atoms with Crippen LogP contribution >= 0.6 is 39.3 Å². The number of rotatable bonds is 5. The second-order valence-electron chi connectivity index (χ2n) is 5.53. The molecular weight excluding hydrogens is 442 g/mol. The van der Waals surface area contributed by atoms with Crippen LogP contribution in [0.5, 0.6) is 11.5 Å². The van der Waals surface area contributed by atoms with Gasteiger partial charge in [0.05, 0.1) is 29.6 Å². The van der Waals surface area contributed by atoms with Crippen LogP contribution in [0.4, 0.5) is 10.5 Å². The molecule has 5 nitrogen and oxygen atoms in total. The van der Waals surface area contributed by atoms with Crippen molar-refractivity contribution in [3.8, 4) is 11.5 Å². The van der Waals surface area contributed by atoms with Crippen molar-refractivity contribution in [1.82, 2.24) is 0 Å². The number of carbonyl (C=O) groups is 2. The minimum absolute atomic E-state index is 0.253. The third kappa shape index (κ3) is 3.70. The largest absolute Gasteiger partial charge is 0.496 e. The molecule has 2 aromatic carbocycles. The van der Waals surface area contributed by atoms with E-state index in [2.05, 4.69) is 15.9 Å². The molecule has 1 heterocycles. The Morgan fingerprint density at radius 2 is 1.77 bits per heavy atom. The Labute approximate surface area is 168 Å². The van der Waals surface area contributed by atoms with Gasteiger partial charge in [-0.15, -0.1) is 0 Å². The number of halogens is 2. The summed E-state index contributed by atoms with van der Waals surface area (Å²) in [6, 6.07) is 10.2. The highest BCUT2D eigenvalue weighted by Crippen LogP contribution is 2.38. The van der Waals surface area contributed by atoms with Crippen molar-refractivity contribution in [3.63, 3.8) is 0 Å². The lowest BCUT2D eigenvalue weighted by Crippen LogP contribution is -2.32. The van der Waals surface area contributed by atoms with Crippen LogP contribution in [0.15, 0.2) is 40.9 Å². The van der Waals surface area contributed by atoms with Gasteiger partial charge in [-0.05, 0) is 58.2 Å². The van der Waals surface area contributed by atoms with E-state index in [0.29, 0.717) is 28.6 Å². The number of benzene rings is 2. The standard InChI is InChI=1S/C18H15BrClNO4S/c1-24-14-9-15(25-2)13(19)7-10(14)8-16-17(22)21(18(23)26-16)12-5-3-11(20)4-6-12/h3-7,9,16H,8H2,1-2H3/t16-/m1/s1. The Morgan fingerprint density at radius 1 is 1.12 bits per heavy atom. The number of ether oxygens (including phenoxy) is 2. The number of hydrogen-bond acceptors (Lipinski definition) is 5. The van der Waals surface area contributed by atoms with Crippen LogP contribution in [0.3, 0.4) is 0 Å². The Kier molecular flexibility index (Phi) is 5.79. The number of imide groups is 1. The van der Waals surface area contributed by atoms with Gasteiger partial charge in [0.15, 0.2) is 0 Å². The number of amides is 2. The van der Waals surface area contributed by atoms with Crippen molar-refractivity contribution in [2.45, 2.75) is 11.7 Å². The zero-order valence-electron chi connectivity index (χ0n) is 14.0. The monoisotopic (exact) mass is 455 g/mol. The Hall–Kier alpha value is -1.70. The Balaban J connectivity index is 1.85. The first-order chi connectivity index (χ1) is 12.4. The number of hydrogen-bond donors (Lipinski definition) is 0. The molecule has 0 radical (unpaired) electrons.